The average molecular weight is 357 g/mol. The van der Waals surface area contributed by atoms with Gasteiger partial charge < -0.3 is 4.90 Å². The van der Waals surface area contributed by atoms with E-state index in [0.29, 0.717) is 32.2 Å². The Morgan fingerprint density at radius 1 is 1.00 bits per heavy atom. The molecule has 5 nitrogen and oxygen atoms in total. The molecule has 1 unspecified atom stereocenters. The number of hydrogen-bond donors (Lipinski definition) is 0. The molecule has 2 aliphatic heterocycles. The number of halogens is 2. The summed E-state index contributed by atoms with van der Waals surface area (Å²) in [5, 5.41) is 0. The summed E-state index contributed by atoms with van der Waals surface area (Å²) in [6.45, 7) is 2.09. The molecule has 0 spiro atoms. The highest BCUT2D eigenvalue weighted by atomic mass is 19.1. The quantitative estimate of drug-likeness (QED) is 0.794. The van der Waals surface area contributed by atoms with Gasteiger partial charge in [-0.3, -0.25) is 9.69 Å². The average Bonchev–Trinajstić information content (AvgIpc) is 2.87. The van der Waals surface area contributed by atoms with Crippen molar-refractivity contribution < 1.29 is 18.4 Å². The third-order valence-electron chi connectivity index (χ3n) is 4.81. The van der Waals surface area contributed by atoms with E-state index < -0.39 is 29.6 Å². The number of piperazine rings is 1. The van der Waals surface area contributed by atoms with E-state index in [2.05, 4.69) is 4.90 Å². The van der Waals surface area contributed by atoms with Gasteiger partial charge in [-0.25, -0.2) is 18.5 Å². The molecule has 2 heterocycles. The van der Waals surface area contributed by atoms with Gasteiger partial charge in [0, 0.05) is 32.2 Å². The van der Waals surface area contributed by atoms with Crippen LogP contribution in [0.5, 0.6) is 0 Å². The Labute approximate surface area is 149 Å². The number of carbonyl (C=O) groups is 2. The fraction of sp³-hybridized carbons (Fsp3) is 0.263. The van der Waals surface area contributed by atoms with Gasteiger partial charge in [-0.05, 0) is 17.7 Å². The fourth-order valence-electron chi connectivity index (χ4n) is 3.52. The molecule has 0 bridgehead atoms. The lowest BCUT2D eigenvalue weighted by Crippen LogP contribution is -2.52. The minimum absolute atomic E-state index is 0.203. The highest BCUT2D eigenvalue weighted by Gasteiger charge is 2.48. The third-order valence-corrected chi connectivity index (χ3v) is 4.81. The molecule has 2 fully saturated rings. The number of hydrogen-bond acceptors (Lipinski definition) is 3. The summed E-state index contributed by atoms with van der Waals surface area (Å²) in [7, 11) is 0. The molecule has 0 aliphatic carbocycles. The van der Waals surface area contributed by atoms with Crippen molar-refractivity contribution in [3.8, 4) is 0 Å². The summed E-state index contributed by atoms with van der Waals surface area (Å²) in [6.07, 6.45) is 0. The summed E-state index contributed by atoms with van der Waals surface area (Å²) < 4.78 is 27.2. The predicted octanol–water partition coefficient (Wildman–Crippen LogP) is 2.62. The largest absolute Gasteiger partial charge is 0.332 e. The molecule has 0 saturated carbocycles. The van der Waals surface area contributed by atoms with E-state index in [4.69, 9.17) is 0 Å². The molecule has 7 heteroatoms. The number of rotatable bonds is 3. The molecule has 0 aromatic heterocycles. The molecule has 0 radical (unpaired) electrons. The van der Waals surface area contributed by atoms with Gasteiger partial charge in [-0.1, -0.05) is 30.3 Å². The molecule has 3 amide bonds. The normalized spacial score (nSPS) is 20.6. The number of benzene rings is 2. The Balaban J connectivity index is 1.55. The Kier molecular flexibility index (Phi) is 4.16. The lowest BCUT2D eigenvalue weighted by molar-refractivity contribution is -0.121. The highest BCUT2D eigenvalue weighted by molar-refractivity contribution is 6.21. The van der Waals surface area contributed by atoms with Crippen molar-refractivity contribution in [2.24, 2.45) is 0 Å². The van der Waals surface area contributed by atoms with E-state index in [1.54, 1.807) is 0 Å². The van der Waals surface area contributed by atoms with E-state index in [9.17, 15) is 18.4 Å². The van der Waals surface area contributed by atoms with Crippen LogP contribution < -0.4 is 4.90 Å². The minimum atomic E-state index is -0.923. The summed E-state index contributed by atoms with van der Waals surface area (Å²) in [5.41, 5.74) is 0.921. The van der Waals surface area contributed by atoms with Crippen LogP contribution in [0.4, 0.5) is 19.3 Å². The van der Waals surface area contributed by atoms with Crippen molar-refractivity contribution >= 4 is 17.6 Å². The minimum Gasteiger partial charge on any atom is -0.309 e. The van der Waals surface area contributed by atoms with E-state index in [0.717, 1.165) is 22.6 Å². The van der Waals surface area contributed by atoms with Crippen LogP contribution in [0.15, 0.2) is 48.5 Å². The van der Waals surface area contributed by atoms with Crippen LogP contribution in [0.25, 0.3) is 0 Å². The zero-order valence-corrected chi connectivity index (χ0v) is 13.9. The number of carbonyl (C=O) groups excluding carboxylic acids is 2. The molecule has 0 N–H and O–H groups in total. The van der Waals surface area contributed by atoms with Crippen LogP contribution in [-0.2, 0) is 11.3 Å². The van der Waals surface area contributed by atoms with E-state index >= 15 is 0 Å². The Morgan fingerprint density at radius 3 is 2.50 bits per heavy atom. The van der Waals surface area contributed by atoms with Crippen LogP contribution in [0, 0.1) is 11.6 Å². The van der Waals surface area contributed by atoms with Gasteiger partial charge in [0.05, 0.1) is 5.69 Å². The first-order chi connectivity index (χ1) is 12.5. The number of fused-ring (bicyclic) bond motifs is 1. The van der Waals surface area contributed by atoms with Crippen molar-refractivity contribution in [3.05, 3.63) is 65.7 Å². The number of urea groups is 1. The summed E-state index contributed by atoms with van der Waals surface area (Å²) >= 11 is 0. The van der Waals surface area contributed by atoms with Gasteiger partial charge in [0.1, 0.15) is 17.7 Å². The number of amides is 3. The molecule has 4 rings (SSSR count). The Bertz CT molecular complexity index is 859. The van der Waals surface area contributed by atoms with Crippen molar-refractivity contribution in [2.75, 3.05) is 24.5 Å². The van der Waals surface area contributed by atoms with Crippen LogP contribution in [-0.4, -0.2) is 47.4 Å². The summed E-state index contributed by atoms with van der Waals surface area (Å²) in [4.78, 5) is 29.8. The predicted molar refractivity (Wildman–Crippen MR) is 91.5 cm³/mol. The van der Waals surface area contributed by atoms with Crippen LogP contribution in [0.1, 0.15) is 5.56 Å². The van der Waals surface area contributed by atoms with Crippen LogP contribution in [0.2, 0.25) is 0 Å². The van der Waals surface area contributed by atoms with Crippen molar-refractivity contribution in [3.63, 3.8) is 0 Å². The maximum absolute atomic E-state index is 14.1. The molecular formula is C19H17F2N3O2. The zero-order valence-electron chi connectivity index (χ0n) is 13.9. The van der Waals surface area contributed by atoms with Gasteiger partial charge in [0.15, 0.2) is 0 Å². The molecule has 134 valence electrons. The maximum Gasteiger partial charge on any atom is 0.332 e. The first-order valence-corrected chi connectivity index (χ1v) is 8.40. The fourth-order valence-corrected chi connectivity index (χ4v) is 3.52. The molecule has 1 atom stereocenters. The zero-order chi connectivity index (χ0) is 18.3. The molecule has 26 heavy (non-hydrogen) atoms. The summed E-state index contributed by atoms with van der Waals surface area (Å²) in [6, 6.07) is 11.5. The number of nitrogens with zero attached hydrogens (tertiary/aromatic N) is 3. The lowest BCUT2D eigenvalue weighted by atomic mass is 10.1. The summed E-state index contributed by atoms with van der Waals surface area (Å²) in [5.74, 6) is -2.15. The second kappa shape index (κ2) is 6.49. The third kappa shape index (κ3) is 2.84. The molecule has 2 aliphatic rings. The molecule has 2 aromatic carbocycles. The number of anilines is 1. The van der Waals surface area contributed by atoms with Crippen LogP contribution in [0.3, 0.4) is 0 Å². The SMILES string of the molecule is O=C1C2CN(Cc3ccccc3)CCN2C(=O)N1c1ccc(F)cc1F. The topological polar surface area (TPSA) is 43.9 Å². The molecule has 2 saturated heterocycles. The first kappa shape index (κ1) is 16.7. The standard InChI is InChI=1S/C19H17F2N3O2/c20-14-6-7-16(15(21)10-14)24-18(25)17-12-22(8-9-23(17)19(24)26)11-13-4-2-1-3-5-13/h1-7,10,17H,8-9,11-12H2. The molecular weight excluding hydrogens is 340 g/mol. The second-order valence-corrected chi connectivity index (χ2v) is 6.48. The monoisotopic (exact) mass is 357 g/mol. The lowest BCUT2D eigenvalue weighted by Gasteiger charge is -2.35. The van der Waals surface area contributed by atoms with Crippen LogP contribution >= 0.6 is 0 Å². The van der Waals surface area contributed by atoms with Gasteiger partial charge in [-0.2, -0.15) is 0 Å². The smallest absolute Gasteiger partial charge is 0.309 e. The first-order valence-electron chi connectivity index (χ1n) is 8.40. The molecule has 2 aromatic rings. The Hall–Kier alpha value is -2.80. The van der Waals surface area contributed by atoms with E-state index in [1.165, 1.54) is 4.90 Å². The van der Waals surface area contributed by atoms with E-state index in [1.807, 2.05) is 30.3 Å². The van der Waals surface area contributed by atoms with Gasteiger partial charge >= 0.3 is 6.03 Å². The Morgan fingerprint density at radius 2 is 1.77 bits per heavy atom. The second-order valence-electron chi connectivity index (χ2n) is 6.48. The van der Waals surface area contributed by atoms with Crippen molar-refractivity contribution in [1.82, 2.24) is 9.80 Å². The van der Waals surface area contributed by atoms with Crippen molar-refractivity contribution in [2.45, 2.75) is 12.6 Å². The van der Waals surface area contributed by atoms with Gasteiger partial charge in [0.2, 0.25) is 0 Å². The number of imide groups is 1. The van der Waals surface area contributed by atoms with Gasteiger partial charge in [-0.15, -0.1) is 0 Å². The highest BCUT2D eigenvalue weighted by Crippen LogP contribution is 2.30. The van der Waals surface area contributed by atoms with E-state index in [-0.39, 0.29) is 5.69 Å². The van der Waals surface area contributed by atoms with Gasteiger partial charge in [0.25, 0.3) is 5.91 Å². The van der Waals surface area contributed by atoms with Crippen molar-refractivity contribution in [1.29, 1.82) is 0 Å². The maximum atomic E-state index is 14.1.